The van der Waals surface area contributed by atoms with Gasteiger partial charge in [0.2, 0.25) is 0 Å². The van der Waals surface area contributed by atoms with Gasteiger partial charge in [-0.15, -0.1) is 11.6 Å². The van der Waals surface area contributed by atoms with E-state index in [1.54, 1.807) is 6.07 Å². The topological polar surface area (TPSA) is 26.3 Å². The fourth-order valence-corrected chi connectivity index (χ4v) is 2.92. The molecule has 0 amide bonds. The summed E-state index contributed by atoms with van der Waals surface area (Å²) >= 11 is 6.36. The van der Waals surface area contributed by atoms with Gasteiger partial charge < -0.3 is 4.74 Å². The highest BCUT2D eigenvalue weighted by Crippen LogP contribution is 2.28. The highest BCUT2D eigenvalue weighted by atomic mass is 35.5. The van der Waals surface area contributed by atoms with Crippen molar-refractivity contribution in [1.82, 2.24) is 0 Å². The first-order chi connectivity index (χ1) is 12.1. The monoisotopic (exact) mass is 350 g/mol. The predicted octanol–water partition coefficient (Wildman–Crippen LogP) is 5.74. The maximum Gasteiger partial charge on any atom is 0.185 e. The average Bonchev–Trinajstić information content (AvgIpc) is 2.67. The summed E-state index contributed by atoms with van der Waals surface area (Å²) in [7, 11) is 0. The number of alkyl halides is 1. The van der Waals surface area contributed by atoms with Crippen LogP contribution in [0.4, 0.5) is 0 Å². The van der Waals surface area contributed by atoms with Crippen LogP contribution in [0.2, 0.25) is 0 Å². The molecule has 3 aromatic rings. The van der Waals surface area contributed by atoms with Gasteiger partial charge in [-0.2, -0.15) is 0 Å². The zero-order chi connectivity index (χ0) is 17.6. The van der Waals surface area contributed by atoms with E-state index in [9.17, 15) is 4.79 Å². The number of rotatable bonds is 6. The van der Waals surface area contributed by atoms with Crippen molar-refractivity contribution in [3.8, 4) is 5.75 Å². The molecule has 0 aliphatic rings. The molecule has 0 aliphatic carbocycles. The molecule has 3 aromatic carbocycles. The Bertz CT molecular complexity index is 844. The fraction of sp³-hybridized carbons (Fsp3) is 0.136. The Hall–Kier alpha value is -2.58. The van der Waals surface area contributed by atoms with Crippen molar-refractivity contribution >= 4 is 17.4 Å². The van der Waals surface area contributed by atoms with Gasteiger partial charge in [-0.1, -0.05) is 60.7 Å². The lowest BCUT2D eigenvalue weighted by atomic mass is 9.98. The maximum atomic E-state index is 12.7. The van der Waals surface area contributed by atoms with Crippen molar-refractivity contribution < 1.29 is 9.53 Å². The second-order valence-corrected chi connectivity index (χ2v) is 6.32. The smallest absolute Gasteiger partial charge is 0.185 e. The van der Waals surface area contributed by atoms with Crippen LogP contribution in [0.3, 0.4) is 0 Å². The number of Topliss-reactive ketones (excluding diaryl/α,β-unsaturated/α-hetero) is 1. The summed E-state index contributed by atoms with van der Waals surface area (Å²) in [4.78, 5) is 12.7. The highest BCUT2D eigenvalue weighted by molar-refractivity contribution is 6.34. The molecule has 1 atom stereocenters. The van der Waals surface area contributed by atoms with Crippen LogP contribution in [0, 0.1) is 6.92 Å². The maximum absolute atomic E-state index is 12.7. The zero-order valence-electron chi connectivity index (χ0n) is 14.0. The van der Waals surface area contributed by atoms with Gasteiger partial charge in [0.05, 0.1) is 0 Å². The van der Waals surface area contributed by atoms with Crippen molar-refractivity contribution in [3.63, 3.8) is 0 Å². The molecule has 0 saturated heterocycles. The van der Waals surface area contributed by atoms with Gasteiger partial charge in [0.1, 0.15) is 17.7 Å². The van der Waals surface area contributed by atoms with Gasteiger partial charge in [-0.05, 0) is 41.8 Å². The van der Waals surface area contributed by atoms with Crippen molar-refractivity contribution in [2.45, 2.75) is 18.9 Å². The zero-order valence-corrected chi connectivity index (χ0v) is 14.7. The number of ketones is 1. The SMILES string of the molecule is Cc1cc(OCc2ccccc2)ccc1C(=O)C(Cl)c1ccccc1. The van der Waals surface area contributed by atoms with Crippen molar-refractivity contribution in [1.29, 1.82) is 0 Å². The molecule has 0 aliphatic heterocycles. The van der Waals surface area contributed by atoms with E-state index < -0.39 is 5.38 Å². The predicted molar refractivity (Wildman–Crippen MR) is 101 cm³/mol. The van der Waals surface area contributed by atoms with E-state index in [4.69, 9.17) is 16.3 Å². The summed E-state index contributed by atoms with van der Waals surface area (Å²) in [6.07, 6.45) is 0. The standard InChI is InChI=1S/C22H19ClO2/c1-16-14-19(25-15-17-8-4-2-5-9-17)12-13-20(16)22(24)21(23)18-10-6-3-7-11-18/h2-14,21H,15H2,1H3. The lowest BCUT2D eigenvalue weighted by molar-refractivity contribution is 0.0986. The third-order valence-electron chi connectivity index (χ3n) is 4.03. The molecule has 3 rings (SSSR count). The molecule has 0 spiro atoms. The summed E-state index contributed by atoms with van der Waals surface area (Å²) in [6.45, 7) is 2.40. The molecule has 0 bridgehead atoms. The van der Waals surface area contributed by atoms with E-state index in [0.717, 1.165) is 22.4 Å². The van der Waals surface area contributed by atoms with E-state index in [1.807, 2.05) is 79.7 Å². The number of ether oxygens (including phenoxy) is 1. The average molecular weight is 351 g/mol. The van der Waals surface area contributed by atoms with Gasteiger partial charge in [-0.25, -0.2) is 0 Å². The van der Waals surface area contributed by atoms with Crippen LogP contribution in [0.5, 0.6) is 5.75 Å². The van der Waals surface area contributed by atoms with Gasteiger partial charge in [0, 0.05) is 5.56 Å². The van der Waals surface area contributed by atoms with Gasteiger partial charge in [0.15, 0.2) is 5.78 Å². The summed E-state index contributed by atoms with van der Waals surface area (Å²) in [5.41, 5.74) is 3.39. The first-order valence-corrected chi connectivity index (χ1v) is 8.59. The Morgan fingerprint density at radius 3 is 2.24 bits per heavy atom. The molecule has 3 heteroatoms. The molecule has 2 nitrogen and oxygen atoms in total. The summed E-state index contributed by atoms with van der Waals surface area (Å²) < 4.78 is 5.81. The number of hydrogen-bond donors (Lipinski definition) is 0. The molecule has 0 heterocycles. The molecule has 0 radical (unpaired) electrons. The van der Waals surface area contributed by atoms with Gasteiger partial charge >= 0.3 is 0 Å². The minimum atomic E-state index is -0.684. The number of carbonyl (C=O) groups excluding carboxylic acids is 1. The number of halogens is 1. The van der Waals surface area contributed by atoms with Crippen LogP contribution in [0.25, 0.3) is 0 Å². The second kappa shape index (κ2) is 8.00. The summed E-state index contributed by atoms with van der Waals surface area (Å²) in [5.74, 6) is 0.642. The Morgan fingerprint density at radius 2 is 1.60 bits per heavy atom. The van der Waals surface area contributed by atoms with Crippen LogP contribution in [-0.2, 0) is 6.61 Å². The molecule has 0 fully saturated rings. The number of benzene rings is 3. The first kappa shape index (κ1) is 17.2. The Labute approximate surface area is 153 Å². The highest BCUT2D eigenvalue weighted by Gasteiger charge is 2.21. The minimum absolute atomic E-state index is 0.0972. The molecule has 1 unspecified atom stereocenters. The van der Waals surface area contributed by atoms with Crippen LogP contribution < -0.4 is 4.74 Å². The molecular formula is C22H19ClO2. The molecule has 0 saturated carbocycles. The van der Waals surface area contributed by atoms with Crippen molar-refractivity contribution in [3.05, 3.63) is 101 Å². The molecular weight excluding hydrogens is 332 g/mol. The molecule has 0 aromatic heterocycles. The Balaban J connectivity index is 1.72. The van der Waals surface area contributed by atoms with Crippen LogP contribution >= 0.6 is 11.6 Å². The van der Waals surface area contributed by atoms with Gasteiger partial charge in [0.25, 0.3) is 0 Å². The Kier molecular flexibility index (Phi) is 5.52. The number of carbonyl (C=O) groups is 1. The molecule has 0 N–H and O–H groups in total. The third kappa shape index (κ3) is 4.28. The largest absolute Gasteiger partial charge is 0.489 e. The van der Waals surface area contributed by atoms with Gasteiger partial charge in [-0.3, -0.25) is 4.79 Å². The first-order valence-electron chi connectivity index (χ1n) is 8.16. The lowest BCUT2D eigenvalue weighted by Crippen LogP contribution is -2.09. The van der Waals surface area contributed by atoms with E-state index in [1.165, 1.54) is 0 Å². The fourth-order valence-electron chi connectivity index (χ4n) is 2.65. The normalized spacial score (nSPS) is 11.8. The van der Waals surface area contributed by atoms with Crippen molar-refractivity contribution in [2.24, 2.45) is 0 Å². The Morgan fingerprint density at radius 1 is 0.960 bits per heavy atom. The van der Waals surface area contributed by atoms with E-state index in [-0.39, 0.29) is 5.78 Å². The molecule has 126 valence electrons. The quantitative estimate of drug-likeness (QED) is 0.418. The third-order valence-corrected chi connectivity index (χ3v) is 4.48. The second-order valence-electron chi connectivity index (χ2n) is 5.89. The van der Waals surface area contributed by atoms with Crippen molar-refractivity contribution in [2.75, 3.05) is 0 Å². The number of aryl methyl sites for hydroxylation is 1. The lowest BCUT2D eigenvalue weighted by Gasteiger charge is -2.13. The van der Waals surface area contributed by atoms with Crippen LogP contribution in [-0.4, -0.2) is 5.78 Å². The molecule has 25 heavy (non-hydrogen) atoms. The van der Waals surface area contributed by atoms with Crippen LogP contribution in [0.1, 0.15) is 32.4 Å². The minimum Gasteiger partial charge on any atom is -0.489 e. The van der Waals surface area contributed by atoms with E-state index in [0.29, 0.717) is 12.2 Å². The number of hydrogen-bond acceptors (Lipinski definition) is 2. The summed E-state index contributed by atoms with van der Waals surface area (Å²) in [6, 6.07) is 24.8. The van der Waals surface area contributed by atoms with E-state index >= 15 is 0 Å². The van der Waals surface area contributed by atoms with Crippen LogP contribution in [0.15, 0.2) is 78.9 Å². The summed E-state index contributed by atoms with van der Waals surface area (Å²) in [5, 5.41) is -0.684. The van der Waals surface area contributed by atoms with E-state index in [2.05, 4.69) is 0 Å².